The van der Waals surface area contributed by atoms with Gasteiger partial charge in [-0.1, -0.05) is 85.2 Å². The fourth-order valence-corrected chi connectivity index (χ4v) is 7.82. The first-order chi connectivity index (χ1) is 26.5. The smallest absolute Gasteiger partial charge is 0.410 e. The number of ether oxygens (including phenoxy) is 2. The molecule has 13 nitrogen and oxygen atoms in total. The first-order valence-corrected chi connectivity index (χ1v) is 20.8. The second-order valence-corrected chi connectivity index (χ2v) is 17.8. The molecule has 0 bridgehead atoms. The molecule has 0 spiro atoms. The molecular weight excluding hydrogens is 749 g/mol. The number of carboxylic acid groups (broad SMARTS) is 1. The van der Waals surface area contributed by atoms with Gasteiger partial charge in [-0.3, -0.25) is 24.0 Å². The van der Waals surface area contributed by atoms with Crippen molar-refractivity contribution < 1.29 is 43.3 Å². The van der Waals surface area contributed by atoms with Gasteiger partial charge in [-0.15, -0.1) is 11.3 Å². The van der Waals surface area contributed by atoms with E-state index in [-0.39, 0.29) is 54.4 Å². The Bertz CT molecular complexity index is 1650. The number of hydrogen-bond donors (Lipinski definition) is 2. The number of carbonyl (C=O) groups is 6. The summed E-state index contributed by atoms with van der Waals surface area (Å²) in [5.74, 6) is -4.35. The standard InChI is InChI=1S/C43H66N4O9S/c1-14-27(6)32(22-35(49)37(26(4)5)47(13)42(54)56-43(9,10)11)40(51)46(12)34(25(2)3)23-36(55-29(8)48)39-45-33(24-57-39)38(50)44-31(20-28(7)41(52)53)21-30-18-16-15-17-19-30/h15-19,24-28,31-32,34,36-37H,14,20-23H2,1-13H3,(H,44,50)(H,52,53)/t27-,28?,31+,32-,34+,36+,37-/m0/s1. The molecule has 1 aromatic heterocycles. The maximum atomic E-state index is 14.5. The molecule has 2 rings (SSSR count). The summed E-state index contributed by atoms with van der Waals surface area (Å²) in [5.41, 5.74) is 0.301. The molecule has 1 unspecified atom stereocenters. The van der Waals surface area contributed by atoms with E-state index in [2.05, 4.69) is 10.3 Å². The summed E-state index contributed by atoms with van der Waals surface area (Å²) in [4.78, 5) is 86.6. The van der Waals surface area contributed by atoms with Gasteiger partial charge in [0.15, 0.2) is 11.9 Å². The third-order valence-electron chi connectivity index (χ3n) is 10.3. The number of aliphatic carboxylic acids is 1. The van der Waals surface area contributed by atoms with E-state index in [1.54, 1.807) is 52.1 Å². The Labute approximate surface area is 343 Å². The van der Waals surface area contributed by atoms with Gasteiger partial charge in [0.25, 0.3) is 5.91 Å². The number of carboxylic acids is 1. The largest absolute Gasteiger partial charge is 0.481 e. The van der Waals surface area contributed by atoms with Gasteiger partial charge in [0.2, 0.25) is 5.91 Å². The van der Waals surface area contributed by atoms with Crippen LogP contribution in [0.4, 0.5) is 4.79 Å². The molecule has 0 saturated heterocycles. The van der Waals surface area contributed by atoms with Crippen molar-refractivity contribution in [3.05, 3.63) is 52.0 Å². The summed E-state index contributed by atoms with van der Waals surface area (Å²) in [6, 6.07) is 7.74. The number of esters is 1. The molecule has 57 heavy (non-hydrogen) atoms. The molecule has 0 aliphatic rings. The number of Topliss-reactive ketones (excluding diaryl/α,β-unsaturated/α-hetero) is 1. The lowest BCUT2D eigenvalue weighted by Crippen LogP contribution is -2.50. The molecule has 318 valence electrons. The zero-order valence-corrected chi connectivity index (χ0v) is 37.0. The third-order valence-corrected chi connectivity index (χ3v) is 11.2. The molecule has 7 atom stereocenters. The zero-order valence-electron chi connectivity index (χ0n) is 36.2. The predicted molar refractivity (Wildman–Crippen MR) is 221 cm³/mol. The molecule has 0 saturated carbocycles. The Morgan fingerprint density at radius 3 is 2.04 bits per heavy atom. The minimum Gasteiger partial charge on any atom is -0.481 e. The number of rotatable bonds is 21. The zero-order chi connectivity index (χ0) is 43.4. The van der Waals surface area contributed by atoms with E-state index < -0.39 is 65.6 Å². The highest BCUT2D eigenvalue weighted by molar-refractivity contribution is 7.09. The minimum atomic E-state index is -0.960. The van der Waals surface area contributed by atoms with Gasteiger partial charge in [0.05, 0.1) is 12.0 Å². The number of amides is 3. The van der Waals surface area contributed by atoms with Crippen molar-refractivity contribution in [2.75, 3.05) is 14.1 Å². The lowest BCUT2D eigenvalue weighted by molar-refractivity contribution is -0.149. The molecule has 1 heterocycles. The molecule has 1 aromatic carbocycles. The monoisotopic (exact) mass is 814 g/mol. The summed E-state index contributed by atoms with van der Waals surface area (Å²) in [6.07, 6.45) is -0.125. The number of thiazole rings is 1. The molecule has 3 amide bonds. The van der Waals surface area contributed by atoms with Crippen molar-refractivity contribution in [1.29, 1.82) is 0 Å². The minimum absolute atomic E-state index is 0.0756. The maximum absolute atomic E-state index is 14.5. The lowest BCUT2D eigenvalue weighted by Gasteiger charge is -2.37. The van der Waals surface area contributed by atoms with Gasteiger partial charge in [-0.05, 0) is 56.9 Å². The summed E-state index contributed by atoms with van der Waals surface area (Å²) in [5, 5.41) is 14.5. The Hall–Kier alpha value is -4.33. The topological polar surface area (TPSA) is 173 Å². The molecule has 2 N–H and O–H groups in total. The first kappa shape index (κ1) is 48.8. The van der Waals surface area contributed by atoms with Crippen LogP contribution in [0.15, 0.2) is 35.7 Å². The maximum Gasteiger partial charge on any atom is 0.410 e. The fourth-order valence-electron chi connectivity index (χ4n) is 6.98. The SMILES string of the molecule is CC[C@H](C)[C@H](CC(=O)[C@H](C(C)C)N(C)C(=O)OC(C)(C)C)C(=O)N(C)[C@H](C[C@@H](OC(C)=O)c1nc(C(=O)N[C@@H](Cc2ccccc2)CC(C)C(=O)O)cs1)C(C)C. The molecule has 0 radical (unpaired) electrons. The van der Waals surface area contributed by atoms with E-state index in [4.69, 9.17) is 9.47 Å². The Kier molecular flexibility index (Phi) is 18.8. The molecule has 0 aliphatic heterocycles. The van der Waals surface area contributed by atoms with Crippen molar-refractivity contribution in [2.24, 2.45) is 29.6 Å². The van der Waals surface area contributed by atoms with E-state index in [9.17, 15) is 33.9 Å². The van der Waals surface area contributed by atoms with Gasteiger partial charge < -0.3 is 29.7 Å². The number of nitrogens with one attached hydrogen (secondary N) is 1. The summed E-state index contributed by atoms with van der Waals surface area (Å²) < 4.78 is 11.3. The average molecular weight is 815 g/mol. The van der Waals surface area contributed by atoms with Crippen LogP contribution in [0.1, 0.15) is 129 Å². The van der Waals surface area contributed by atoms with Gasteiger partial charge in [-0.25, -0.2) is 9.78 Å². The van der Waals surface area contributed by atoms with E-state index >= 15 is 0 Å². The highest BCUT2D eigenvalue weighted by atomic mass is 32.1. The van der Waals surface area contributed by atoms with Crippen LogP contribution in [0.5, 0.6) is 0 Å². The van der Waals surface area contributed by atoms with Gasteiger partial charge in [0.1, 0.15) is 16.3 Å². The molecule has 14 heteroatoms. The van der Waals surface area contributed by atoms with Crippen molar-refractivity contribution in [2.45, 2.75) is 138 Å². The average Bonchev–Trinajstić information content (AvgIpc) is 3.61. The summed E-state index contributed by atoms with van der Waals surface area (Å²) in [7, 11) is 3.24. The van der Waals surface area contributed by atoms with Crippen LogP contribution in [0, 0.1) is 29.6 Å². The summed E-state index contributed by atoms with van der Waals surface area (Å²) in [6.45, 7) is 19.7. The van der Waals surface area contributed by atoms with Gasteiger partial charge in [0, 0.05) is 57.2 Å². The number of hydrogen-bond acceptors (Lipinski definition) is 10. The number of benzene rings is 1. The van der Waals surface area contributed by atoms with Crippen molar-refractivity contribution in [3.63, 3.8) is 0 Å². The van der Waals surface area contributed by atoms with E-state index in [1.165, 1.54) is 11.8 Å². The van der Waals surface area contributed by atoms with Gasteiger partial charge >= 0.3 is 18.0 Å². The quantitative estimate of drug-likeness (QED) is 0.120. The van der Waals surface area contributed by atoms with E-state index in [0.717, 1.165) is 16.9 Å². The molecule has 0 fully saturated rings. The fraction of sp³-hybridized carbons (Fsp3) is 0.651. The van der Waals surface area contributed by atoms with E-state index in [1.807, 2.05) is 71.9 Å². The van der Waals surface area contributed by atoms with Crippen LogP contribution in [-0.2, 0) is 35.1 Å². The van der Waals surface area contributed by atoms with Crippen LogP contribution in [-0.4, -0.2) is 93.3 Å². The number of carbonyl (C=O) groups excluding carboxylic acids is 5. The number of aromatic nitrogens is 1. The van der Waals surface area contributed by atoms with E-state index in [0.29, 0.717) is 17.8 Å². The highest BCUT2D eigenvalue weighted by Crippen LogP contribution is 2.33. The van der Waals surface area contributed by atoms with Crippen molar-refractivity contribution in [1.82, 2.24) is 20.1 Å². The predicted octanol–water partition coefficient (Wildman–Crippen LogP) is 7.59. The number of nitrogens with zero attached hydrogens (tertiary/aromatic N) is 3. The number of ketones is 1. The van der Waals surface area contributed by atoms with Crippen molar-refractivity contribution >= 4 is 47.0 Å². The van der Waals surface area contributed by atoms with Crippen LogP contribution in [0.3, 0.4) is 0 Å². The first-order valence-electron chi connectivity index (χ1n) is 19.9. The molecule has 2 aromatic rings. The normalized spacial score (nSPS) is 15.4. The van der Waals surface area contributed by atoms with Crippen molar-refractivity contribution in [3.8, 4) is 0 Å². The Balaban J connectivity index is 2.37. The Morgan fingerprint density at radius 1 is 0.912 bits per heavy atom. The molecular formula is C43H66N4O9S. The molecule has 0 aliphatic carbocycles. The van der Waals surface area contributed by atoms with Crippen LogP contribution < -0.4 is 5.32 Å². The van der Waals surface area contributed by atoms with Gasteiger partial charge in [-0.2, -0.15) is 0 Å². The van der Waals surface area contributed by atoms with Crippen LogP contribution >= 0.6 is 11.3 Å². The summed E-state index contributed by atoms with van der Waals surface area (Å²) >= 11 is 1.16. The lowest BCUT2D eigenvalue weighted by atomic mass is 9.82. The second kappa shape index (κ2) is 22.0. The second-order valence-electron chi connectivity index (χ2n) is 16.9. The number of likely N-dealkylation sites (N-methyl/N-ethyl adjacent to an activating group) is 1. The van der Waals surface area contributed by atoms with Crippen LogP contribution in [0.2, 0.25) is 0 Å². The highest BCUT2D eigenvalue weighted by Gasteiger charge is 2.39. The Morgan fingerprint density at radius 2 is 1.53 bits per heavy atom. The third kappa shape index (κ3) is 15.2. The van der Waals surface area contributed by atoms with Crippen LogP contribution in [0.25, 0.3) is 0 Å².